The standard InChI is InChI=1S/C11H16N6O2/c1-16-10(18-2)8-7(15-16)9(12)14-11(13-8)17-3-5-19-6-4-17/h3-6H2,1-2H3,(H2,12,13,14). The zero-order chi connectivity index (χ0) is 13.4. The topological polar surface area (TPSA) is 91.3 Å². The molecule has 0 amide bonds. The number of aromatic nitrogens is 4. The van der Waals surface area contributed by atoms with Crippen LogP contribution in [0.4, 0.5) is 11.8 Å². The van der Waals surface area contributed by atoms with E-state index in [0.29, 0.717) is 41.9 Å². The van der Waals surface area contributed by atoms with E-state index in [1.54, 1.807) is 18.8 Å². The third-order valence-corrected chi connectivity index (χ3v) is 3.13. The van der Waals surface area contributed by atoms with Crippen LogP contribution >= 0.6 is 0 Å². The van der Waals surface area contributed by atoms with Gasteiger partial charge in [0.15, 0.2) is 16.9 Å². The third kappa shape index (κ3) is 1.93. The monoisotopic (exact) mass is 264 g/mol. The van der Waals surface area contributed by atoms with Gasteiger partial charge in [-0.05, 0) is 0 Å². The molecular formula is C11H16N6O2. The number of fused-ring (bicyclic) bond motifs is 1. The summed E-state index contributed by atoms with van der Waals surface area (Å²) in [4.78, 5) is 10.9. The van der Waals surface area contributed by atoms with E-state index >= 15 is 0 Å². The van der Waals surface area contributed by atoms with Gasteiger partial charge in [0, 0.05) is 20.1 Å². The lowest BCUT2D eigenvalue weighted by molar-refractivity contribution is 0.122. The van der Waals surface area contributed by atoms with Crippen LogP contribution in [0.3, 0.4) is 0 Å². The number of nitrogen functional groups attached to an aromatic ring is 1. The average Bonchev–Trinajstić information content (AvgIpc) is 2.76. The first kappa shape index (κ1) is 12.0. The van der Waals surface area contributed by atoms with E-state index in [0.717, 1.165) is 13.1 Å². The van der Waals surface area contributed by atoms with Crippen molar-refractivity contribution < 1.29 is 9.47 Å². The second-order valence-corrected chi connectivity index (χ2v) is 4.34. The fraction of sp³-hybridized carbons (Fsp3) is 0.545. The summed E-state index contributed by atoms with van der Waals surface area (Å²) in [5.41, 5.74) is 7.16. The van der Waals surface area contributed by atoms with Crippen molar-refractivity contribution in [3.05, 3.63) is 0 Å². The Morgan fingerprint density at radius 2 is 1.95 bits per heavy atom. The molecule has 3 heterocycles. The van der Waals surface area contributed by atoms with Crippen molar-refractivity contribution in [2.75, 3.05) is 44.0 Å². The zero-order valence-electron chi connectivity index (χ0n) is 11.0. The summed E-state index contributed by atoms with van der Waals surface area (Å²) < 4.78 is 12.2. The molecule has 0 radical (unpaired) electrons. The van der Waals surface area contributed by atoms with Crippen LogP contribution in [-0.2, 0) is 11.8 Å². The highest BCUT2D eigenvalue weighted by atomic mass is 16.5. The summed E-state index contributed by atoms with van der Waals surface area (Å²) in [6.07, 6.45) is 0. The van der Waals surface area contributed by atoms with Crippen LogP contribution in [0.15, 0.2) is 0 Å². The molecule has 0 unspecified atom stereocenters. The first-order chi connectivity index (χ1) is 9.20. The Labute approximate surface area is 110 Å². The number of ether oxygens (including phenoxy) is 2. The van der Waals surface area contributed by atoms with E-state index in [4.69, 9.17) is 15.2 Å². The van der Waals surface area contributed by atoms with Gasteiger partial charge in [0.25, 0.3) is 0 Å². The maximum atomic E-state index is 5.96. The van der Waals surface area contributed by atoms with Gasteiger partial charge in [-0.15, -0.1) is 0 Å². The lowest BCUT2D eigenvalue weighted by Gasteiger charge is -2.26. The Morgan fingerprint density at radius 3 is 2.63 bits per heavy atom. The molecule has 0 atom stereocenters. The molecular weight excluding hydrogens is 248 g/mol. The number of rotatable bonds is 2. The number of nitrogens with two attached hydrogens (primary N) is 1. The van der Waals surface area contributed by atoms with Gasteiger partial charge >= 0.3 is 0 Å². The predicted molar refractivity (Wildman–Crippen MR) is 70.3 cm³/mol. The Morgan fingerprint density at radius 1 is 1.21 bits per heavy atom. The largest absolute Gasteiger partial charge is 0.480 e. The lowest BCUT2D eigenvalue weighted by Crippen LogP contribution is -2.37. The molecule has 2 aromatic rings. The first-order valence-corrected chi connectivity index (χ1v) is 6.07. The number of anilines is 2. The van der Waals surface area contributed by atoms with Crippen molar-refractivity contribution in [1.82, 2.24) is 19.7 Å². The molecule has 0 bridgehead atoms. The van der Waals surface area contributed by atoms with Gasteiger partial charge in [0.05, 0.1) is 20.3 Å². The molecule has 8 nitrogen and oxygen atoms in total. The quantitative estimate of drug-likeness (QED) is 0.802. The Bertz CT molecular complexity index is 605. The predicted octanol–water partition coefficient (Wildman–Crippen LogP) is -0.209. The Hall–Kier alpha value is -2.09. The number of methoxy groups -OCH3 is 1. The van der Waals surface area contributed by atoms with E-state index in [1.807, 2.05) is 4.90 Å². The summed E-state index contributed by atoms with van der Waals surface area (Å²) >= 11 is 0. The van der Waals surface area contributed by atoms with Crippen molar-refractivity contribution in [2.24, 2.45) is 7.05 Å². The number of hydrogen-bond donors (Lipinski definition) is 1. The average molecular weight is 264 g/mol. The van der Waals surface area contributed by atoms with Crippen LogP contribution in [0.2, 0.25) is 0 Å². The first-order valence-electron chi connectivity index (χ1n) is 6.07. The second kappa shape index (κ2) is 4.54. The summed E-state index contributed by atoms with van der Waals surface area (Å²) in [5, 5.41) is 4.27. The van der Waals surface area contributed by atoms with Gasteiger partial charge in [-0.25, -0.2) is 9.67 Å². The SMILES string of the molecule is COc1c2nc(N3CCOCC3)nc(N)c2nn1C. The minimum atomic E-state index is 0.366. The third-order valence-electron chi connectivity index (χ3n) is 3.13. The molecule has 1 saturated heterocycles. The van der Waals surface area contributed by atoms with Gasteiger partial charge in [0.1, 0.15) is 0 Å². The van der Waals surface area contributed by atoms with Gasteiger partial charge in [0.2, 0.25) is 11.8 Å². The second-order valence-electron chi connectivity index (χ2n) is 4.34. The Balaban J connectivity index is 2.11. The van der Waals surface area contributed by atoms with Crippen molar-refractivity contribution in [3.8, 4) is 5.88 Å². The molecule has 0 spiro atoms. The summed E-state index contributed by atoms with van der Waals surface area (Å²) in [6, 6.07) is 0. The molecule has 0 aliphatic carbocycles. The van der Waals surface area contributed by atoms with Gasteiger partial charge < -0.3 is 20.1 Å². The highest BCUT2D eigenvalue weighted by molar-refractivity contribution is 5.89. The van der Waals surface area contributed by atoms with Crippen LogP contribution in [0.1, 0.15) is 0 Å². The van der Waals surface area contributed by atoms with Crippen molar-refractivity contribution in [2.45, 2.75) is 0 Å². The molecule has 2 N–H and O–H groups in total. The Kier molecular flexibility index (Phi) is 2.86. The van der Waals surface area contributed by atoms with Gasteiger partial charge in [-0.1, -0.05) is 0 Å². The summed E-state index contributed by atoms with van der Waals surface area (Å²) in [7, 11) is 3.37. The minimum Gasteiger partial charge on any atom is -0.480 e. The molecule has 0 saturated carbocycles. The van der Waals surface area contributed by atoms with Crippen LogP contribution in [-0.4, -0.2) is 53.2 Å². The van der Waals surface area contributed by atoms with E-state index < -0.39 is 0 Å². The van der Waals surface area contributed by atoms with Crippen molar-refractivity contribution in [1.29, 1.82) is 0 Å². The molecule has 1 aliphatic rings. The van der Waals surface area contributed by atoms with E-state index in [2.05, 4.69) is 15.1 Å². The van der Waals surface area contributed by atoms with E-state index in [1.165, 1.54) is 0 Å². The van der Waals surface area contributed by atoms with Crippen LogP contribution in [0.5, 0.6) is 5.88 Å². The molecule has 102 valence electrons. The van der Waals surface area contributed by atoms with Crippen molar-refractivity contribution in [3.63, 3.8) is 0 Å². The fourth-order valence-electron chi connectivity index (χ4n) is 2.19. The fourth-order valence-corrected chi connectivity index (χ4v) is 2.19. The maximum Gasteiger partial charge on any atom is 0.238 e. The van der Waals surface area contributed by atoms with Crippen LogP contribution < -0.4 is 15.4 Å². The molecule has 8 heteroatoms. The molecule has 3 rings (SSSR count). The van der Waals surface area contributed by atoms with Crippen LogP contribution in [0, 0.1) is 0 Å². The number of morpholine rings is 1. The summed E-state index contributed by atoms with van der Waals surface area (Å²) in [5.74, 6) is 1.55. The van der Waals surface area contributed by atoms with Crippen molar-refractivity contribution >= 4 is 22.8 Å². The minimum absolute atomic E-state index is 0.366. The highest BCUT2D eigenvalue weighted by Gasteiger charge is 2.20. The molecule has 1 fully saturated rings. The number of hydrogen-bond acceptors (Lipinski definition) is 7. The van der Waals surface area contributed by atoms with Gasteiger partial charge in [-0.3, -0.25) is 0 Å². The molecule has 2 aromatic heterocycles. The lowest BCUT2D eigenvalue weighted by atomic mass is 10.4. The zero-order valence-corrected chi connectivity index (χ0v) is 11.0. The number of aryl methyl sites for hydroxylation is 1. The highest BCUT2D eigenvalue weighted by Crippen LogP contribution is 2.28. The van der Waals surface area contributed by atoms with Crippen LogP contribution in [0.25, 0.3) is 11.0 Å². The molecule has 19 heavy (non-hydrogen) atoms. The van der Waals surface area contributed by atoms with E-state index in [-0.39, 0.29) is 0 Å². The maximum absolute atomic E-state index is 5.96. The molecule has 1 aliphatic heterocycles. The normalized spacial score (nSPS) is 16.0. The molecule has 0 aromatic carbocycles. The number of nitrogens with zero attached hydrogens (tertiary/aromatic N) is 5. The summed E-state index contributed by atoms with van der Waals surface area (Å²) in [6.45, 7) is 2.86. The van der Waals surface area contributed by atoms with Gasteiger partial charge in [-0.2, -0.15) is 10.1 Å². The van der Waals surface area contributed by atoms with E-state index in [9.17, 15) is 0 Å². The smallest absolute Gasteiger partial charge is 0.238 e.